The number of thiazole rings is 1. The van der Waals surface area contributed by atoms with Crippen LogP contribution in [-0.2, 0) is 19.1 Å². The molecule has 1 amide bonds. The number of anilines is 1. The van der Waals surface area contributed by atoms with Crippen LogP contribution < -0.4 is 5.32 Å². The molecule has 1 fully saturated rings. The number of hydrogen-bond acceptors (Lipinski definition) is 6. The van der Waals surface area contributed by atoms with Gasteiger partial charge in [-0.2, -0.15) is 0 Å². The summed E-state index contributed by atoms with van der Waals surface area (Å²) in [7, 11) is 0. The van der Waals surface area contributed by atoms with Crippen LogP contribution in [0.3, 0.4) is 0 Å². The summed E-state index contributed by atoms with van der Waals surface area (Å²) in [5, 5.41) is 5.12. The molecular weight excluding hydrogens is 316 g/mol. The molecule has 124 valence electrons. The third kappa shape index (κ3) is 4.17. The molecule has 1 N–H and O–H groups in total. The van der Waals surface area contributed by atoms with E-state index in [1.807, 2.05) is 12.2 Å². The van der Waals surface area contributed by atoms with Gasteiger partial charge < -0.3 is 14.8 Å². The smallest absolute Gasteiger partial charge is 0.310 e. The Balaban J connectivity index is 1.57. The molecule has 0 saturated carbocycles. The number of nitrogens with zero attached hydrogens (tertiary/aromatic N) is 1. The highest BCUT2D eigenvalue weighted by Gasteiger charge is 2.36. The largest absolute Gasteiger partial charge is 0.463 e. The van der Waals surface area contributed by atoms with Gasteiger partial charge in [0.2, 0.25) is 5.91 Å². The van der Waals surface area contributed by atoms with Crippen molar-refractivity contribution in [1.82, 2.24) is 4.98 Å². The van der Waals surface area contributed by atoms with E-state index in [-0.39, 0.29) is 24.6 Å². The zero-order valence-electron chi connectivity index (χ0n) is 12.8. The van der Waals surface area contributed by atoms with E-state index in [0.717, 1.165) is 19.4 Å². The first-order valence-corrected chi connectivity index (χ1v) is 8.75. The molecule has 0 spiro atoms. The Hall–Kier alpha value is -1.73. The molecule has 3 atom stereocenters. The maximum atomic E-state index is 12.4. The summed E-state index contributed by atoms with van der Waals surface area (Å²) in [6, 6.07) is 0. The molecule has 23 heavy (non-hydrogen) atoms. The van der Waals surface area contributed by atoms with Gasteiger partial charge in [-0.15, -0.1) is 11.3 Å². The topological polar surface area (TPSA) is 77.5 Å². The minimum Gasteiger partial charge on any atom is -0.463 e. The molecule has 3 rings (SSSR count). The number of ether oxygens (including phenoxy) is 2. The van der Waals surface area contributed by atoms with Crippen LogP contribution in [0, 0.1) is 11.8 Å². The number of hydrogen-bond donors (Lipinski definition) is 1. The van der Waals surface area contributed by atoms with Crippen molar-refractivity contribution in [1.29, 1.82) is 0 Å². The monoisotopic (exact) mass is 336 g/mol. The van der Waals surface area contributed by atoms with Gasteiger partial charge in [-0.05, 0) is 25.7 Å². The molecule has 0 radical (unpaired) electrons. The quantitative estimate of drug-likeness (QED) is 0.660. The Morgan fingerprint density at radius 2 is 2.17 bits per heavy atom. The summed E-state index contributed by atoms with van der Waals surface area (Å²) < 4.78 is 10.8. The summed E-state index contributed by atoms with van der Waals surface area (Å²) in [4.78, 5) is 28.8. The molecule has 2 aliphatic rings. The number of esters is 1. The van der Waals surface area contributed by atoms with Crippen LogP contribution in [0.15, 0.2) is 23.7 Å². The van der Waals surface area contributed by atoms with E-state index in [1.165, 1.54) is 11.3 Å². The second-order valence-electron chi connectivity index (χ2n) is 5.75. The maximum Gasteiger partial charge on any atom is 0.310 e. The van der Waals surface area contributed by atoms with Gasteiger partial charge >= 0.3 is 5.97 Å². The van der Waals surface area contributed by atoms with Gasteiger partial charge in [-0.3, -0.25) is 9.59 Å². The fraction of sp³-hybridized carbons (Fsp3) is 0.562. The molecule has 1 aromatic heterocycles. The van der Waals surface area contributed by atoms with Gasteiger partial charge in [0.1, 0.15) is 6.61 Å². The summed E-state index contributed by atoms with van der Waals surface area (Å²) in [6.07, 6.45) is 8.51. The van der Waals surface area contributed by atoms with Crippen molar-refractivity contribution in [3.8, 4) is 0 Å². The van der Waals surface area contributed by atoms with Crippen molar-refractivity contribution < 1.29 is 19.1 Å². The van der Waals surface area contributed by atoms with E-state index in [0.29, 0.717) is 18.0 Å². The van der Waals surface area contributed by atoms with Crippen molar-refractivity contribution in [2.75, 3.05) is 18.5 Å². The van der Waals surface area contributed by atoms with Crippen LogP contribution >= 0.6 is 11.3 Å². The Morgan fingerprint density at radius 1 is 1.35 bits per heavy atom. The van der Waals surface area contributed by atoms with E-state index in [2.05, 4.69) is 10.3 Å². The number of carbonyl (C=O) groups excluding carboxylic acids is 2. The van der Waals surface area contributed by atoms with Crippen LogP contribution in [0.5, 0.6) is 0 Å². The molecule has 1 aliphatic heterocycles. The SMILES string of the molecule is O=C(OC[C@H]1CCCO1)[C@H]1CC=CC[C@H]1C(=O)Nc1nccs1. The minimum atomic E-state index is -0.443. The first-order valence-electron chi connectivity index (χ1n) is 7.87. The molecule has 7 heteroatoms. The molecule has 0 bridgehead atoms. The summed E-state index contributed by atoms with van der Waals surface area (Å²) >= 11 is 1.36. The number of allylic oxidation sites excluding steroid dienone is 2. The second kappa shape index (κ2) is 7.70. The number of nitrogens with one attached hydrogen (secondary N) is 1. The van der Waals surface area contributed by atoms with Gasteiger partial charge in [0, 0.05) is 18.2 Å². The molecule has 6 nitrogen and oxygen atoms in total. The summed E-state index contributed by atoms with van der Waals surface area (Å²) in [5.41, 5.74) is 0. The predicted octanol–water partition coefficient (Wildman–Crippen LogP) is 2.39. The van der Waals surface area contributed by atoms with E-state index in [4.69, 9.17) is 9.47 Å². The average molecular weight is 336 g/mol. The average Bonchev–Trinajstić information content (AvgIpc) is 3.26. The zero-order chi connectivity index (χ0) is 16.1. The van der Waals surface area contributed by atoms with Gasteiger partial charge in [-0.25, -0.2) is 4.98 Å². The number of amides is 1. The number of rotatable bonds is 5. The van der Waals surface area contributed by atoms with E-state index in [1.54, 1.807) is 11.6 Å². The normalized spacial score (nSPS) is 26.9. The van der Waals surface area contributed by atoms with Crippen LogP contribution in [-0.4, -0.2) is 36.2 Å². The lowest BCUT2D eigenvalue weighted by molar-refractivity contribution is -0.155. The van der Waals surface area contributed by atoms with E-state index in [9.17, 15) is 9.59 Å². The van der Waals surface area contributed by atoms with Crippen molar-refractivity contribution in [3.63, 3.8) is 0 Å². The first kappa shape index (κ1) is 16.1. The third-order valence-electron chi connectivity index (χ3n) is 4.17. The molecule has 1 aromatic rings. The maximum absolute atomic E-state index is 12.4. The fourth-order valence-corrected chi connectivity index (χ4v) is 3.44. The highest BCUT2D eigenvalue weighted by molar-refractivity contribution is 7.13. The van der Waals surface area contributed by atoms with Crippen LogP contribution in [0.25, 0.3) is 0 Å². The van der Waals surface area contributed by atoms with Gasteiger partial charge in [0.15, 0.2) is 5.13 Å². The second-order valence-corrected chi connectivity index (χ2v) is 6.64. The Labute approximate surface area is 138 Å². The van der Waals surface area contributed by atoms with Crippen LogP contribution in [0.2, 0.25) is 0 Å². The predicted molar refractivity (Wildman–Crippen MR) is 86.0 cm³/mol. The number of carbonyl (C=O) groups is 2. The third-order valence-corrected chi connectivity index (χ3v) is 4.86. The Morgan fingerprint density at radius 3 is 2.87 bits per heavy atom. The lowest BCUT2D eigenvalue weighted by Gasteiger charge is -2.26. The molecule has 0 aromatic carbocycles. The zero-order valence-corrected chi connectivity index (χ0v) is 13.6. The fourth-order valence-electron chi connectivity index (χ4n) is 2.91. The van der Waals surface area contributed by atoms with Gasteiger partial charge in [0.05, 0.1) is 17.9 Å². The highest BCUT2D eigenvalue weighted by Crippen LogP contribution is 2.28. The Bertz CT molecular complexity index is 567. The summed E-state index contributed by atoms with van der Waals surface area (Å²) in [5.74, 6) is -1.35. The molecule has 1 saturated heterocycles. The van der Waals surface area contributed by atoms with Crippen molar-refractivity contribution in [2.45, 2.75) is 31.8 Å². The van der Waals surface area contributed by atoms with Crippen molar-refractivity contribution >= 4 is 28.3 Å². The standard InChI is InChI=1S/C16H20N2O4S/c19-14(18-16-17-7-9-23-16)12-5-1-2-6-13(12)15(20)22-10-11-4-3-8-21-11/h1-2,7,9,11-13H,3-6,8,10H2,(H,17,18,19)/t11-,12-,13+/m1/s1. The van der Waals surface area contributed by atoms with Crippen molar-refractivity contribution in [3.05, 3.63) is 23.7 Å². The van der Waals surface area contributed by atoms with Gasteiger partial charge in [-0.1, -0.05) is 12.2 Å². The van der Waals surface area contributed by atoms with Crippen LogP contribution in [0.1, 0.15) is 25.7 Å². The molecular formula is C16H20N2O4S. The Kier molecular flexibility index (Phi) is 5.40. The van der Waals surface area contributed by atoms with Gasteiger partial charge in [0.25, 0.3) is 0 Å². The lowest BCUT2D eigenvalue weighted by Crippen LogP contribution is -2.36. The van der Waals surface area contributed by atoms with Crippen LogP contribution in [0.4, 0.5) is 5.13 Å². The molecule has 1 aliphatic carbocycles. The van der Waals surface area contributed by atoms with E-state index >= 15 is 0 Å². The minimum absolute atomic E-state index is 0.000628. The number of aromatic nitrogens is 1. The van der Waals surface area contributed by atoms with Crippen molar-refractivity contribution in [2.24, 2.45) is 11.8 Å². The lowest BCUT2D eigenvalue weighted by atomic mass is 9.82. The highest BCUT2D eigenvalue weighted by atomic mass is 32.1. The summed E-state index contributed by atoms with van der Waals surface area (Å²) in [6.45, 7) is 1.01. The first-order chi connectivity index (χ1) is 11.2. The van der Waals surface area contributed by atoms with E-state index < -0.39 is 11.8 Å². The molecule has 0 unspecified atom stereocenters. The molecule has 2 heterocycles.